The number of sulfonamides is 1. The second kappa shape index (κ2) is 6.05. The molecule has 0 aliphatic carbocycles. The van der Waals surface area contributed by atoms with E-state index in [4.69, 9.17) is 5.11 Å². The minimum Gasteiger partial charge on any atom is -0.480 e. The van der Waals surface area contributed by atoms with Crippen molar-refractivity contribution < 1.29 is 35.9 Å². The van der Waals surface area contributed by atoms with Gasteiger partial charge in [0.2, 0.25) is 10.0 Å². The van der Waals surface area contributed by atoms with Gasteiger partial charge < -0.3 is 9.52 Å². The minimum atomic E-state index is -4.58. The molecule has 1 unspecified atom stereocenters. The van der Waals surface area contributed by atoms with Crippen LogP contribution in [0.15, 0.2) is 52.2 Å². The number of rotatable bonds is 5. The molecule has 0 saturated heterocycles. The topological polar surface area (TPSA) is 96.6 Å². The third kappa shape index (κ3) is 3.90. The lowest BCUT2D eigenvalue weighted by molar-refractivity contribution is -0.139. The number of carboxylic acid groups (broad SMARTS) is 1. The van der Waals surface area contributed by atoms with Gasteiger partial charge in [0.05, 0.1) is 11.8 Å². The lowest BCUT2D eigenvalue weighted by Crippen LogP contribution is -2.33. The van der Waals surface area contributed by atoms with E-state index in [1.54, 1.807) is 0 Å². The highest BCUT2D eigenvalue weighted by atomic mass is 32.2. The van der Waals surface area contributed by atoms with E-state index < -0.39 is 33.8 Å². The van der Waals surface area contributed by atoms with E-state index >= 15 is 0 Å². The summed E-state index contributed by atoms with van der Waals surface area (Å²) in [6.07, 6.45) is -2.59. The Morgan fingerprint density at radius 3 is 2.22 bits per heavy atom. The first-order valence-corrected chi connectivity index (χ1v) is 7.54. The van der Waals surface area contributed by atoms with E-state index in [0.717, 1.165) is 30.7 Å². The quantitative estimate of drug-likeness (QED) is 0.864. The van der Waals surface area contributed by atoms with Crippen molar-refractivity contribution in [1.29, 1.82) is 0 Å². The van der Waals surface area contributed by atoms with Crippen LogP contribution in [-0.4, -0.2) is 19.5 Å². The fourth-order valence-electron chi connectivity index (χ4n) is 1.75. The molecule has 23 heavy (non-hydrogen) atoms. The molecular weight excluding hydrogens is 339 g/mol. The van der Waals surface area contributed by atoms with Crippen LogP contribution in [0.2, 0.25) is 0 Å². The molecule has 1 atom stereocenters. The zero-order valence-corrected chi connectivity index (χ0v) is 12.1. The molecular formula is C13H10F3NO5S. The predicted molar refractivity (Wildman–Crippen MR) is 70.9 cm³/mol. The van der Waals surface area contributed by atoms with Crippen molar-refractivity contribution in [3.05, 3.63) is 54.0 Å². The Bertz CT molecular complexity index is 782. The van der Waals surface area contributed by atoms with Gasteiger partial charge in [0.1, 0.15) is 17.2 Å². The second-order valence-corrected chi connectivity index (χ2v) is 6.19. The number of nitrogens with one attached hydrogen (secondary N) is 1. The molecule has 0 saturated carbocycles. The number of alkyl halides is 3. The fraction of sp³-hybridized carbons (Fsp3) is 0.154. The lowest BCUT2D eigenvalue weighted by atomic mass is 10.1. The Morgan fingerprint density at radius 1 is 1.17 bits per heavy atom. The largest absolute Gasteiger partial charge is 0.480 e. The summed E-state index contributed by atoms with van der Waals surface area (Å²) >= 11 is 0. The molecule has 0 amide bonds. The number of hydrogen-bond acceptors (Lipinski definition) is 4. The number of carboxylic acids is 1. The van der Waals surface area contributed by atoms with Crippen LogP contribution in [-0.2, 0) is 21.0 Å². The molecule has 0 aliphatic rings. The first-order valence-electron chi connectivity index (χ1n) is 6.06. The summed E-state index contributed by atoms with van der Waals surface area (Å²) in [5.41, 5.74) is -1.11. The van der Waals surface area contributed by atoms with E-state index in [1.807, 2.05) is 4.72 Å². The average Bonchev–Trinajstić information content (AvgIpc) is 2.99. The molecule has 0 aliphatic heterocycles. The van der Waals surface area contributed by atoms with Gasteiger partial charge in [-0.15, -0.1) is 0 Å². The Kier molecular flexibility index (Phi) is 4.48. The van der Waals surface area contributed by atoms with Gasteiger partial charge in [0.25, 0.3) is 0 Å². The summed E-state index contributed by atoms with van der Waals surface area (Å²) in [4.78, 5) is 11.0. The summed E-state index contributed by atoms with van der Waals surface area (Å²) < 4.78 is 68.0. The maximum absolute atomic E-state index is 12.5. The third-order valence-electron chi connectivity index (χ3n) is 2.90. The Hall–Kier alpha value is -2.33. The monoisotopic (exact) mass is 349 g/mol. The van der Waals surface area contributed by atoms with Crippen LogP contribution in [0.4, 0.5) is 13.2 Å². The molecule has 1 heterocycles. The molecule has 6 nitrogen and oxygen atoms in total. The fourth-order valence-corrected chi connectivity index (χ4v) is 2.85. The molecule has 0 radical (unpaired) electrons. The smallest absolute Gasteiger partial charge is 0.416 e. The number of carbonyl (C=O) groups is 1. The average molecular weight is 349 g/mol. The van der Waals surface area contributed by atoms with Gasteiger partial charge in [0.15, 0.2) is 0 Å². The van der Waals surface area contributed by atoms with Gasteiger partial charge in [-0.3, -0.25) is 4.79 Å². The highest BCUT2D eigenvalue weighted by Gasteiger charge is 2.32. The maximum Gasteiger partial charge on any atom is 0.416 e. The standard InChI is InChI=1S/C13H10F3NO5S/c14-13(15,16)9-3-1-8(2-4-9)11(12(18)19)17-23(20,21)10-5-6-22-7-10/h1-7,11,17H,(H,18,19). The summed E-state index contributed by atoms with van der Waals surface area (Å²) in [5, 5.41) is 9.14. The molecule has 2 rings (SSSR count). The predicted octanol–water partition coefficient (Wildman–Crippen LogP) is 2.40. The summed E-state index contributed by atoms with van der Waals surface area (Å²) in [6.45, 7) is 0. The number of aliphatic carboxylic acids is 1. The molecule has 1 aromatic heterocycles. The third-order valence-corrected chi connectivity index (χ3v) is 4.30. The van der Waals surface area contributed by atoms with Crippen molar-refractivity contribution in [1.82, 2.24) is 4.72 Å². The first-order chi connectivity index (χ1) is 10.6. The molecule has 0 fully saturated rings. The van der Waals surface area contributed by atoms with Gasteiger partial charge in [-0.2, -0.15) is 17.9 Å². The van der Waals surface area contributed by atoms with Crippen LogP contribution in [0.3, 0.4) is 0 Å². The Labute approximate surface area is 128 Å². The molecule has 124 valence electrons. The van der Waals surface area contributed by atoms with E-state index in [2.05, 4.69) is 4.42 Å². The maximum atomic E-state index is 12.5. The Morgan fingerprint density at radius 2 is 1.78 bits per heavy atom. The van der Waals surface area contributed by atoms with Crippen molar-refractivity contribution in [2.45, 2.75) is 17.1 Å². The zero-order chi connectivity index (χ0) is 17.3. The van der Waals surface area contributed by atoms with Crippen molar-refractivity contribution in [2.24, 2.45) is 0 Å². The van der Waals surface area contributed by atoms with E-state index in [9.17, 15) is 26.4 Å². The molecule has 0 bridgehead atoms. The number of hydrogen-bond donors (Lipinski definition) is 2. The number of furan rings is 1. The Balaban J connectivity index is 2.31. The van der Waals surface area contributed by atoms with Gasteiger partial charge in [-0.05, 0) is 23.8 Å². The molecule has 1 aromatic carbocycles. The molecule has 2 N–H and O–H groups in total. The van der Waals surface area contributed by atoms with E-state index in [-0.39, 0.29) is 10.5 Å². The van der Waals surface area contributed by atoms with E-state index in [0.29, 0.717) is 12.1 Å². The van der Waals surface area contributed by atoms with Crippen LogP contribution in [0.1, 0.15) is 17.2 Å². The summed E-state index contributed by atoms with van der Waals surface area (Å²) in [5.74, 6) is -1.56. The van der Waals surface area contributed by atoms with E-state index in [1.165, 1.54) is 0 Å². The van der Waals surface area contributed by atoms with Crippen molar-refractivity contribution in [3.63, 3.8) is 0 Å². The van der Waals surface area contributed by atoms with Gasteiger partial charge in [-0.1, -0.05) is 12.1 Å². The lowest BCUT2D eigenvalue weighted by Gasteiger charge is -2.15. The van der Waals surface area contributed by atoms with Crippen LogP contribution in [0, 0.1) is 0 Å². The van der Waals surface area contributed by atoms with Crippen LogP contribution >= 0.6 is 0 Å². The van der Waals surface area contributed by atoms with Crippen molar-refractivity contribution >= 4 is 16.0 Å². The zero-order valence-electron chi connectivity index (χ0n) is 11.2. The molecule has 0 spiro atoms. The second-order valence-electron chi connectivity index (χ2n) is 4.47. The first kappa shape index (κ1) is 17.0. The van der Waals surface area contributed by atoms with Crippen LogP contribution in [0.5, 0.6) is 0 Å². The summed E-state index contributed by atoms with van der Waals surface area (Å²) in [7, 11) is -4.19. The van der Waals surface area contributed by atoms with Crippen LogP contribution < -0.4 is 4.72 Å². The normalized spacial score (nSPS) is 13.7. The minimum absolute atomic E-state index is 0.141. The van der Waals surface area contributed by atoms with Gasteiger partial charge in [0, 0.05) is 0 Å². The number of halogens is 3. The molecule has 10 heteroatoms. The molecule has 2 aromatic rings. The highest BCUT2D eigenvalue weighted by Crippen LogP contribution is 2.30. The SMILES string of the molecule is O=C(O)C(NS(=O)(=O)c1ccoc1)c1ccc(C(F)(F)F)cc1. The summed E-state index contributed by atoms with van der Waals surface area (Å²) in [6, 6.07) is 2.53. The number of benzene rings is 1. The van der Waals surface area contributed by atoms with Gasteiger partial charge >= 0.3 is 12.1 Å². The van der Waals surface area contributed by atoms with Crippen molar-refractivity contribution in [2.75, 3.05) is 0 Å². The van der Waals surface area contributed by atoms with Crippen LogP contribution in [0.25, 0.3) is 0 Å². The van der Waals surface area contributed by atoms with Crippen molar-refractivity contribution in [3.8, 4) is 0 Å². The highest BCUT2D eigenvalue weighted by molar-refractivity contribution is 7.89. The van der Waals surface area contributed by atoms with Gasteiger partial charge in [-0.25, -0.2) is 8.42 Å².